The van der Waals surface area contributed by atoms with Gasteiger partial charge in [0.1, 0.15) is 11.2 Å². The van der Waals surface area contributed by atoms with E-state index in [1.165, 1.54) is 0 Å². The molecule has 0 radical (unpaired) electrons. The number of aliphatic carboxylic acids is 1. The van der Waals surface area contributed by atoms with E-state index < -0.39 is 11.5 Å². The highest BCUT2D eigenvalue weighted by molar-refractivity contribution is 5.97. The van der Waals surface area contributed by atoms with Crippen molar-refractivity contribution in [3.05, 3.63) is 36.3 Å². The van der Waals surface area contributed by atoms with Gasteiger partial charge in [-0.25, -0.2) is 9.78 Å². The molecule has 1 amide bonds. The molecule has 2 N–H and O–H groups in total. The van der Waals surface area contributed by atoms with Gasteiger partial charge in [0.25, 0.3) is 5.91 Å². The van der Waals surface area contributed by atoms with E-state index in [1.54, 1.807) is 35.1 Å². The van der Waals surface area contributed by atoms with Crippen LogP contribution >= 0.6 is 0 Å². The molecule has 1 aliphatic carbocycles. The predicted octanol–water partition coefficient (Wildman–Crippen LogP) is 1.85. The number of carbonyl (C=O) groups excluding carboxylic acids is 1. The fraction of sp³-hybridized carbons (Fsp3) is 0.400. The summed E-state index contributed by atoms with van der Waals surface area (Å²) in [5.74, 6) is -1.30. The predicted molar refractivity (Wildman–Crippen MR) is 76.1 cm³/mol. The molecular weight excluding hydrogens is 270 g/mol. The summed E-state index contributed by atoms with van der Waals surface area (Å²) in [6.45, 7) is 0. The molecule has 0 saturated heterocycles. The van der Waals surface area contributed by atoms with E-state index in [0.717, 1.165) is 24.9 Å². The summed E-state index contributed by atoms with van der Waals surface area (Å²) in [7, 11) is 0. The van der Waals surface area contributed by atoms with E-state index in [2.05, 4.69) is 10.3 Å². The lowest BCUT2D eigenvalue weighted by atomic mass is 9.81. The van der Waals surface area contributed by atoms with Crippen LogP contribution in [-0.4, -0.2) is 31.9 Å². The van der Waals surface area contributed by atoms with Gasteiger partial charge in [0.05, 0.1) is 5.56 Å². The Morgan fingerprint density at radius 1 is 1.24 bits per heavy atom. The first-order chi connectivity index (χ1) is 10.1. The third-order valence-corrected chi connectivity index (χ3v) is 4.12. The van der Waals surface area contributed by atoms with Crippen molar-refractivity contribution in [2.75, 3.05) is 0 Å². The molecule has 2 heterocycles. The zero-order chi connectivity index (χ0) is 14.9. The molecule has 0 spiro atoms. The number of pyridine rings is 1. The molecule has 1 fully saturated rings. The zero-order valence-electron chi connectivity index (χ0n) is 11.6. The molecule has 0 bridgehead atoms. The van der Waals surface area contributed by atoms with Crippen LogP contribution in [0, 0.1) is 0 Å². The van der Waals surface area contributed by atoms with Crippen molar-refractivity contribution in [1.29, 1.82) is 0 Å². The number of imidazole rings is 1. The van der Waals surface area contributed by atoms with Crippen LogP contribution in [0.3, 0.4) is 0 Å². The van der Waals surface area contributed by atoms with E-state index in [0.29, 0.717) is 18.4 Å². The highest BCUT2D eigenvalue weighted by atomic mass is 16.4. The van der Waals surface area contributed by atoms with Crippen LogP contribution in [0.15, 0.2) is 30.7 Å². The molecule has 1 aliphatic rings. The monoisotopic (exact) mass is 287 g/mol. The molecule has 0 atom stereocenters. The molecular formula is C15H17N3O3. The van der Waals surface area contributed by atoms with Crippen molar-refractivity contribution in [3.8, 4) is 0 Å². The Balaban J connectivity index is 1.85. The fourth-order valence-corrected chi connectivity index (χ4v) is 2.89. The highest BCUT2D eigenvalue weighted by Crippen LogP contribution is 2.28. The number of fused-ring (bicyclic) bond motifs is 1. The lowest BCUT2D eigenvalue weighted by molar-refractivity contribution is -0.145. The number of amides is 1. The van der Waals surface area contributed by atoms with Crippen LogP contribution in [-0.2, 0) is 4.79 Å². The minimum atomic E-state index is -1.13. The average Bonchev–Trinajstić information content (AvgIpc) is 2.95. The maximum atomic E-state index is 12.4. The Morgan fingerprint density at radius 2 is 2.00 bits per heavy atom. The summed E-state index contributed by atoms with van der Waals surface area (Å²) in [5, 5.41) is 12.2. The van der Waals surface area contributed by atoms with Crippen molar-refractivity contribution >= 4 is 17.5 Å². The fourth-order valence-electron chi connectivity index (χ4n) is 2.89. The number of hydrogen-bond donors (Lipinski definition) is 2. The molecule has 110 valence electrons. The summed E-state index contributed by atoms with van der Waals surface area (Å²) >= 11 is 0. The van der Waals surface area contributed by atoms with Crippen molar-refractivity contribution in [3.63, 3.8) is 0 Å². The molecule has 1 saturated carbocycles. The van der Waals surface area contributed by atoms with Gasteiger partial charge in [-0.3, -0.25) is 4.79 Å². The first-order valence-corrected chi connectivity index (χ1v) is 7.09. The molecule has 0 aromatic carbocycles. The van der Waals surface area contributed by atoms with Crippen molar-refractivity contribution in [2.24, 2.45) is 0 Å². The van der Waals surface area contributed by atoms with Gasteiger partial charge in [0.2, 0.25) is 0 Å². The zero-order valence-corrected chi connectivity index (χ0v) is 11.6. The van der Waals surface area contributed by atoms with Gasteiger partial charge in [0.15, 0.2) is 0 Å². The average molecular weight is 287 g/mol. The first-order valence-electron chi connectivity index (χ1n) is 7.09. The van der Waals surface area contributed by atoms with Gasteiger partial charge in [0, 0.05) is 18.6 Å². The third-order valence-electron chi connectivity index (χ3n) is 4.12. The SMILES string of the molecule is O=C(NC1(C(=O)O)CCCCC1)c1ccc2nccn2c1. The molecule has 2 aromatic rings. The van der Waals surface area contributed by atoms with Crippen LogP contribution in [0.5, 0.6) is 0 Å². The van der Waals surface area contributed by atoms with Gasteiger partial charge in [-0.05, 0) is 25.0 Å². The molecule has 2 aromatic heterocycles. The van der Waals surface area contributed by atoms with Crippen molar-refractivity contribution < 1.29 is 14.7 Å². The van der Waals surface area contributed by atoms with Gasteiger partial charge >= 0.3 is 5.97 Å². The number of rotatable bonds is 3. The minimum Gasteiger partial charge on any atom is -0.480 e. The van der Waals surface area contributed by atoms with Crippen LogP contribution in [0.2, 0.25) is 0 Å². The molecule has 0 unspecified atom stereocenters. The quantitative estimate of drug-likeness (QED) is 0.902. The number of hydrogen-bond acceptors (Lipinski definition) is 3. The lowest BCUT2D eigenvalue weighted by Gasteiger charge is -2.33. The van der Waals surface area contributed by atoms with Crippen molar-refractivity contribution in [2.45, 2.75) is 37.6 Å². The molecule has 6 heteroatoms. The van der Waals surface area contributed by atoms with Crippen LogP contribution < -0.4 is 5.32 Å². The second-order valence-corrected chi connectivity index (χ2v) is 5.51. The number of nitrogens with zero attached hydrogens (tertiary/aromatic N) is 2. The maximum Gasteiger partial charge on any atom is 0.329 e. The summed E-state index contributed by atoms with van der Waals surface area (Å²) < 4.78 is 1.74. The largest absolute Gasteiger partial charge is 0.480 e. The van der Waals surface area contributed by atoms with Crippen molar-refractivity contribution in [1.82, 2.24) is 14.7 Å². The van der Waals surface area contributed by atoms with Crippen LogP contribution in [0.4, 0.5) is 0 Å². The van der Waals surface area contributed by atoms with E-state index in [9.17, 15) is 14.7 Å². The van der Waals surface area contributed by atoms with E-state index in [1.807, 2.05) is 0 Å². The Hall–Kier alpha value is -2.37. The second-order valence-electron chi connectivity index (χ2n) is 5.51. The number of carboxylic acid groups (broad SMARTS) is 1. The Morgan fingerprint density at radius 3 is 2.71 bits per heavy atom. The van der Waals surface area contributed by atoms with Gasteiger partial charge in [-0.15, -0.1) is 0 Å². The minimum absolute atomic E-state index is 0.352. The van der Waals surface area contributed by atoms with Crippen LogP contribution in [0.1, 0.15) is 42.5 Å². The van der Waals surface area contributed by atoms with E-state index >= 15 is 0 Å². The lowest BCUT2D eigenvalue weighted by Crippen LogP contribution is -2.55. The Bertz CT molecular complexity index is 686. The molecule has 3 rings (SSSR count). The summed E-state index contributed by atoms with van der Waals surface area (Å²) in [6.07, 6.45) is 8.71. The molecule has 0 aliphatic heterocycles. The van der Waals surface area contributed by atoms with E-state index in [4.69, 9.17) is 0 Å². The summed E-state index contributed by atoms with van der Waals surface area (Å²) in [4.78, 5) is 28.1. The Labute approximate surface area is 121 Å². The number of carboxylic acids is 1. The van der Waals surface area contributed by atoms with Crippen LogP contribution in [0.25, 0.3) is 5.65 Å². The molecule has 6 nitrogen and oxygen atoms in total. The van der Waals surface area contributed by atoms with Gasteiger partial charge in [-0.2, -0.15) is 0 Å². The normalized spacial score (nSPS) is 17.5. The number of carbonyl (C=O) groups is 2. The molecule has 21 heavy (non-hydrogen) atoms. The maximum absolute atomic E-state index is 12.4. The number of nitrogens with one attached hydrogen (secondary N) is 1. The Kier molecular flexibility index (Phi) is 3.37. The van der Waals surface area contributed by atoms with Gasteiger partial charge < -0.3 is 14.8 Å². The topological polar surface area (TPSA) is 83.7 Å². The summed E-state index contributed by atoms with van der Waals surface area (Å²) in [6, 6.07) is 3.40. The highest BCUT2D eigenvalue weighted by Gasteiger charge is 2.41. The smallest absolute Gasteiger partial charge is 0.329 e. The van der Waals surface area contributed by atoms with E-state index in [-0.39, 0.29) is 5.91 Å². The third kappa shape index (κ3) is 2.49. The second kappa shape index (κ2) is 5.20. The van der Waals surface area contributed by atoms with Gasteiger partial charge in [-0.1, -0.05) is 19.3 Å². The number of aromatic nitrogens is 2. The standard InChI is InChI=1S/C15H17N3O3/c19-13(11-4-5-12-16-8-9-18(12)10-11)17-15(14(20)21)6-2-1-3-7-15/h4-5,8-10H,1-3,6-7H2,(H,17,19)(H,20,21). The summed E-state index contributed by atoms with van der Waals surface area (Å²) in [5.41, 5.74) is 0.0584. The first kappa shape index (κ1) is 13.6.